The SMILES string of the molecule is N#C/C(=C\c1cc(Br)c(OCC(=O)Nc2ccc(Cl)cc2)c(Br)c1)C(=O)Nc1ccc(Cl)cc1. The molecule has 0 radical (unpaired) electrons. The highest BCUT2D eigenvalue weighted by atomic mass is 79.9. The Hall–Kier alpha value is -2.83. The van der Waals surface area contributed by atoms with E-state index >= 15 is 0 Å². The molecule has 0 saturated carbocycles. The number of carbonyl (C=O) groups is 2. The van der Waals surface area contributed by atoms with Gasteiger partial charge in [-0.3, -0.25) is 9.59 Å². The number of ether oxygens (including phenoxy) is 1. The van der Waals surface area contributed by atoms with Gasteiger partial charge in [0.15, 0.2) is 6.61 Å². The molecule has 0 unspecified atom stereocenters. The summed E-state index contributed by atoms with van der Waals surface area (Å²) in [5.74, 6) is -0.514. The minimum absolute atomic E-state index is 0.0928. The van der Waals surface area contributed by atoms with E-state index in [0.717, 1.165) is 0 Å². The summed E-state index contributed by atoms with van der Waals surface area (Å²) in [6.07, 6.45) is 1.44. The fourth-order valence-electron chi connectivity index (χ4n) is 2.72. The van der Waals surface area contributed by atoms with Crippen LogP contribution in [0.15, 0.2) is 75.2 Å². The summed E-state index contributed by atoms with van der Waals surface area (Å²) in [7, 11) is 0. The van der Waals surface area contributed by atoms with Crippen molar-refractivity contribution in [1.82, 2.24) is 0 Å². The van der Waals surface area contributed by atoms with Crippen molar-refractivity contribution in [2.75, 3.05) is 17.2 Å². The number of nitrogens with one attached hydrogen (secondary N) is 2. The van der Waals surface area contributed by atoms with Crippen LogP contribution < -0.4 is 15.4 Å². The summed E-state index contributed by atoms with van der Waals surface area (Å²) in [6, 6.07) is 18.5. The molecule has 0 atom stereocenters. The normalized spacial score (nSPS) is 10.9. The van der Waals surface area contributed by atoms with Crippen LogP contribution in [0.5, 0.6) is 5.75 Å². The van der Waals surface area contributed by atoms with Crippen molar-refractivity contribution in [2.24, 2.45) is 0 Å². The second kappa shape index (κ2) is 12.0. The fraction of sp³-hybridized carbons (Fsp3) is 0.0417. The van der Waals surface area contributed by atoms with Gasteiger partial charge in [0.05, 0.1) is 8.95 Å². The predicted molar refractivity (Wildman–Crippen MR) is 141 cm³/mol. The highest BCUT2D eigenvalue weighted by molar-refractivity contribution is 9.11. The Morgan fingerprint density at radius 3 is 1.91 bits per heavy atom. The van der Waals surface area contributed by atoms with Crippen molar-refractivity contribution < 1.29 is 14.3 Å². The largest absolute Gasteiger partial charge is 0.481 e. The van der Waals surface area contributed by atoms with Gasteiger partial charge < -0.3 is 15.4 Å². The molecule has 0 spiro atoms. The maximum Gasteiger partial charge on any atom is 0.266 e. The first-order valence-corrected chi connectivity index (χ1v) is 12.0. The van der Waals surface area contributed by atoms with E-state index in [1.165, 1.54) is 6.08 Å². The number of nitrogens with zero attached hydrogens (tertiary/aromatic N) is 1. The first-order valence-electron chi connectivity index (χ1n) is 9.61. The van der Waals surface area contributed by atoms with E-state index in [-0.39, 0.29) is 18.1 Å². The second-order valence-electron chi connectivity index (χ2n) is 6.79. The molecular weight excluding hydrogens is 609 g/mol. The number of amides is 2. The standard InChI is InChI=1S/C24H15Br2Cl2N3O3/c25-20-10-14(9-15(12-29)24(33)31-19-7-3-17(28)4-8-19)11-21(26)23(20)34-13-22(32)30-18-5-1-16(27)2-6-18/h1-11H,13H2,(H,30,32)(H,31,33)/b15-9+. The van der Waals surface area contributed by atoms with Crippen LogP contribution in [-0.4, -0.2) is 18.4 Å². The van der Waals surface area contributed by atoms with Crippen molar-refractivity contribution in [3.63, 3.8) is 0 Å². The maximum absolute atomic E-state index is 12.5. The molecule has 0 aliphatic heterocycles. The van der Waals surface area contributed by atoms with E-state index in [1.54, 1.807) is 60.7 Å². The Morgan fingerprint density at radius 1 is 0.912 bits per heavy atom. The first-order chi connectivity index (χ1) is 16.2. The van der Waals surface area contributed by atoms with Crippen LogP contribution in [0.25, 0.3) is 6.08 Å². The number of anilines is 2. The zero-order chi connectivity index (χ0) is 24.7. The number of halogens is 4. The first kappa shape index (κ1) is 25.8. The minimum atomic E-state index is -0.559. The quantitative estimate of drug-likeness (QED) is 0.217. The molecule has 3 rings (SSSR count). The van der Waals surface area contributed by atoms with E-state index in [0.29, 0.717) is 41.7 Å². The van der Waals surface area contributed by atoms with Gasteiger partial charge in [-0.05, 0) is 104 Å². The van der Waals surface area contributed by atoms with Gasteiger partial charge in [0.1, 0.15) is 17.4 Å². The summed E-state index contributed by atoms with van der Waals surface area (Å²) in [4.78, 5) is 24.7. The van der Waals surface area contributed by atoms with Gasteiger partial charge in [0.25, 0.3) is 11.8 Å². The Labute approximate surface area is 222 Å². The van der Waals surface area contributed by atoms with Crippen LogP contribution in [0.4, 0.5) is 11.4 Å². The molecule has 0 fully saturated rings. The number of benzene rings is 3. The Balaban J connectivity index is 1.68. The number of nitriles is 1. The maximum atomic E-state index is 12.5. The number of carbonyl (C=O) groups excluding carboxylic acids is 2. The molecule has 0 aromatic heterocycles. The van der Waals surface area contributed by atoms with Gasteiger partial charge in [-0.1, -0.05) is 23.2 Å². The van der Waals surface area contributed by atoms with Crippen LogP contribution in [0, 0.1) is 11.3 Å². The zero-order valence-electron chi connectivity index (χ0n) is 17.2. The van der Waals surface area contributed by atoms with Gasteiger partial charge in [-0.2, -0.15) is 5.26 Å². The molecule has 172 valence electrons. The summed E-state index contributed by atoms with van der Waals surface area (Å²) >= 11 is 18.5. The lowest BCUT2D eigenvalue weighted by Gasteiger charge is -2.12. The lowest BCUT2D eigenvalue weighted by molar-refractivity contribution is -0.118. The van der Waals surface area contributed by atoms with Gasteiger partial charge in [0.2, 0.25) is 0 Å². The van der Waals surface area contributed by atoms with E-state index in [9.17, 15) is 14.9 Å². The van der Waals surface area contributed by atoms with Crippen molar-refractivity contribution in [3.05, 3.63) is 90.8 Å². The van der Waals surface area contributed by atoms with Crippen LogP contribution in [0.1, 0.15) is 5.56 Å². The highest BCUT2D eigenvalue weighted by Gasteiger charge is 2.14. The third kappa shape index (κ3) is 7.34. The van der Waals surface area contributed by atoms with Crippen LogP contribution in [0.2, 0.25) is 10.0 Å². The van der Waals surface area contributed by atoms with Crippen LogP contribution >= 0.6 is 55.1 Å². The van der Waals surface area contributed by atoms with Gasteiger partial charge in [-0.15, -0.1) is 0 Å². The van der Waals surface area contributed by atoms with E-state index in [2.05, 4.69) is 42.5 Å². The minimum Gasteiger partial charge on any atom is -0.481 e. The third-order valence-corrected chi connectivity index (χ3v) is 5.96. The van der Waals surface area contributed by atoms with Crippen molar-refractivity contribution >= 4 is 84.3 Å². The second-order valence-corrected chi connectivity index (χ2v) is 9.37. The third-order valence-electron chi connectivity index (χ3n) is 4.27. The van der Waals surface area contributed by atoms with Crippen molar-refractivity contribution in [1.29, 1.82) is 5.26 Å². The molecular formula is C24H15Br2Cl2N3O3. The molecule has 3 aromatic rings. The average Bonchev–Trinajstić information content (AvgIpc) is 2.80. The molecule has 0 heterocycles. The summed E-state index contributed by atoms with van der Waals surface area (Å²) in [5, 5.41) is 15.9. The van der Waals surface area contributed by atoms with Crippen molar-refractivity contribution in [3.8, 4) is 11.8 Å². The molecule has 0 bridgehead atoms. The highest BCUT2D eigenvalue weighted by Crippen LogP contribution is 2.35. The number of hydrogen-bond acceptors (Lipinski definition) is 4. The van der Waals surface area contributed by atoms with E-state index in [4.69, 9.17) is 27.9 Å². The molecule has 2 N–H and O–H groups in total. The smallest absolute Gasteiger partial charge is 0.266 e. The van der Waals surface area contributed by atoms with Crippen LogP contribution in [-0.2, 0) is 9.59 Å². The molecule has 3 aromatic carbocycles. The molecule has 0 saturated heterocycles. The zero-order valence-corrected chi connectivity index (χ0v) is 21.9. The van der Waals surface area contributed by atoms with E-state index < -0.39 is 5.91 Å². The van der Waals surface area contributed by atoms with Gasteiger partial charge >= 0.3 is 0 Å². The molecule has 10 heteroatoms. The van der Waals surface area contributed by atoms with Crippen molar-refractivity contribution in [2.45, 2.75) is 0 Å². The summed E-state index contributed by atoms with van der Waals surface area (Å²) < 4.78 is 6.70. The summed E-state index contributed by atoms with van der Waals surface area (Å²) in [5.41, 5.74) is 1.58. The predicted octanol–water partition coefficient (Wildman–Crippen LogP) is 7.08. The molecule has 0 aliphatic carbocycles. The van der Waals surface area contributed by atoms with Gasteiger partial charge in [-0.25, -0.2) is 0 Å². The molecule has 34 heavy (non-hydrogen) atoms. The Kier molecular flexibility index (Phi) is 9.13. The molecule has 6 nitrogen and oxygen atoms in total. The topological polar surface area (TPSA) is 91.2 Å². The monoisotopic (exact) mass is 621 g/mol. The van der Waals surface area contributed by atoms with E-state index in [1.807, 2.05) is 6.07 Å². The summed E-state index contributed by atoms with van der Waals surface area (Å²) in [6.45, 7) is -0.234. The van der Waals surface area contributed by atoms with Gasteiger partial charge in [0, 0.05) is 21.4 Å². The molecule has 0 aliphatic rings. The lowest BCUT2D eigenvalue weighted by Crippen LogP contribution is -2.20. The fourth-order valence-corrected chi connectivity index (χ4v) is 4.42. The molecule has 2 amide bonds. The Morgan fingerprint density at radius 2 is 1.41 bits per heavy atom. The average molecular weight is 624 g/mol. The number of rotatable bonds is 7. The lowest BCUT2D eigenvalue weighted by atomic mass is 10.1. The number of hydrogen-bond donors (Lipinski definition) is 2. The van der Waals surface area contributed by atoms with Crippen LogP contribution in [0.3, 0.4) is 0 Å². The Bertz CT molecular complexity index is 1270.